The number of aliphatic hydroxyl groups is 2. The molecule has 0 radical (unpaired) electrons. The topological polar surface area (TPSA) is 123 Å². The van der Waals surface area contributed by atoms with E-state index in [1.807, 2.05) is 0 Å². The summed E-state index contributed by atoms with van der Waals surface area (Å²) in [5, 5.41) is 21.9. The first-order valence-electron chi connectivity index (χ1n) is 8.08. The first-order valence-corrected chi connectivity index (χ1v) is 8.08. The maximum absolute atomic E-state index is 14.4. The summed E-state index contributed by atoms with van der Waals surface area (Å²) >= 11 is 0. The van der Waals surface area contributed by atoms with Crippen molar-refractivity contribution in [2.45, 2.75) is 31.5 Å². The number of para-hydroxylation sites is 1. The molecule has 1 saturated heterocycles. The van der Waals surface area contributed by atoms with Gasteiger partial charge in [0, 0.05) is 0 Å². The van der Waals surface area contributed by atoms with E-state index in [-0.39, 0.29) is 11.3 Å². The SMILES string of the molecule is COc1ccccc1C(=O)Nc1nc(=O)n([C@@H]2O[C@H](C)[C@@H](O)[C@H]2O)cc1F. The van der Waals surface area contributed by atoms with E-state index < -0.39 is 47.8 Å². The second kappa shape index (κ2) is 7.43. The number of halogens is 1. The molecular formula is C17H18FN3O6. The number of hydrogen-bond donors (Lipinski definition) is 3. The van der Waals surface area contributed by atoms with Crippen molar-refractivity contribution in [1.82, 2.24) is 9.55 Å². The zero-order valence-corrected chi connectivity index (χ0v) is 14.5. The van der Waals surface area contributed by atoms with Gasteiger partial charge in [0.1, 0.15) is 18.0 Å². The minimum absolute atomic E-state index is 0.136. The van der Waals surface area contributed by atoms with Crippen molar-refractivity contribution in [3.63, 3.8) is 0 Å². The molecule has 1 fully saturated rings. The van der Waals surface area contributed by atoms with Crippen LogP contribution < -0.4 is 15.7 Å². The van der Waals surface area contributed by atoms with Crippen molar-refractivity contribution in [2.24, 2.45) is 0 Å². The molecule has 10 heteroatoms. The summed E-state index contributed by atoms with van der Waals surface area (Å²) in [5.74, 6) is -2.03. The predicted octanol–water partition coefficient (Wildman–Crippen LogP) is 0.282. The highest BCUT2D eigenvalue weighted by Gasteiger charge is 2.42. The van der Waals surface area contributed by atoms with Crippen LogP contribution >= 0.6 is 0 Å². The number of hydrogen-bond acceptors (Lipinski definition) is 7. The van der Waals surface area contributed by atoms with Crippen LogP contribution in [-0.2, 0) is 4.74 Å². The van der Waals surface area contributed by atoms with Gasteiger partial charge in [-0.15, -0.1) is 0 Å². The molecule has 144 valence electrons. The van der Waals surface area contributed by atoms with E-state index in [4.69, 9.17) is 9.47 Å². The summed E-state index contributed by atoms with van der Waals surface area (Å²) < 4.78 is 25.5. The van der Waals surface area contributed by atoms with Crippen LogP contribution in [0.15, 0.2) is 35.3 Å². The Labute approximate surface area is 153 Å². The molecule has 3 rings (SSSR count). The van der Waals surface area contributed by atoms with E-state index in [9.17, 15) is 24.2 Å². The highest BCUT2D eigenvalue weighted by Crippen LogP contribution is 2.28. The number of amides is 1. The molecule has 1 amide bonds. The minimum Gasteiger partial charge on any atom is -0.496 e. The van der Waals surface area contributed by atoms with Crippen LogP contribution in [0.5, 0.6) is 5.75 Å². The van der Waals surface area contributed by atoms with Crippen LogP contribution in [0.25, 0.3) is 0 Å². The fraction of sp³-hybridized carbons (Fsp3) is 0.353. The number of ether oxygens (including phenoxy) is 2. The molecule has 1 aliphatic rings. The van der Waals surface area contributed by atoms with Gasteiger partial charge in [-0.1, -0.05) is 12.1 Å². The number of nitrogens with zero attached hydrogens (tertiary/aromatic N) is 2. The van der Waals surface area contributed by atoms with Crippen LogP contribution in [0.1, 0.15) is 23.5 Å². The normalized spacial score (nSPS) is 24.6. The Morgan fingerprint density at radius 2 is 2.04 bits per heavy atom. The summed E-state index contributed by atoms with van der Waals surface area (Å²) in [4.78, 5) is 28.1. The molecule has 0 spiro atoms. The maximum Gasteiger partial charge on any atom is 0.351 e. The van der Waals surface area contributed by atoms with Gasteiger partial charge in [0.25, 0.3) is 5.91 Å². The molecule has 1 aliphatic heterocycles. The smallest absolute Gasteiger partial charge is 0.351 e. The highest BCUT2D eigenvalue weighted by molar-refractivity contribution is 6.05. The average molecular weight is 379 g/mol. The number of nitrogens with one attached hydrogen (secondary N) is 1. The van der Waals surface area contributed by atoms with Gasteiger partial charge in [0.05, 0.1) is 25.0 Å². The van der Waals surface area contributed by atoms with Crippen molar-refractivity contribution in [3.05, 3.63) is 52.3 Å². The van der Waals surface area contributed by atoms with Gasteiger partial charge < -0.3 is 25.0 Å². The third kappa shape index (κ3) is 3.54. The molecule has 2 heterocycles. The minimum atomic E-state index is -1.42. The van der Waals surface area contributed by atoms with Crippen molar-refractivity contribution in [1.29, 1.82) is 0 Å². The quantitative estimate of drug-likeness (QED) is 0.697. The third-order valence-corrected chi connectivity index (χ3v) is 4.24. The molecule has 9 nitrogen and oxygen atoms in total. The van der Waals surface area contributed by atoms with E-state index in [1.54, 1.807) is 18.2 Å². The van der Waals surface area contributed by atoms with Gasteiger partial charge in [0.2, 0.25) is 0 Å². The van der Waals surface area contributed by atoms with Crippen molar-refractivity contribution >= 4 is 11.7 Å². The van der Waals surface area contributed by atoms with E-state index in [0.29, 0.717) is 0 Å². The van der Waals surface area contributed by atoms with E-state index >= 15 is 0 Å². The second-order valence-corrected chi connectivity index (χ2v) is 5.99. The molecule has 2 aromatic rings. The van der Waals surface area contributed by atoms with Crippen LogP contribution in [0, 0.1) is 5.82 Å². The first kappa shape index (κ1) is 19.0. The van der Waals surface area contributed by atoms with E-state index in [0.717, 1.165) is 10.8 Å². The molecule has 0 saturated carbocycles. The lowest BCUT2D eigenvalue weighted by Crippen LogP contribution is -2.36. The molecule has 1 aromatic carbocycles. The van der Waals surface area contributed by atoms with Gasteiger partial charge in [-0.25, -0.2) is 9.18 Å². The average Bonchev–Trinajstić information content (AvgIpc) is 2.91. The maximum atomic E-state index is 14.4. The monoisotopic (exact) mass is 379 g/mol. The number of aromatic nitrogens is 2. The third-order valence-electron chi connectivity index (χ3n) is 4.24. The highest BCUT2D eigenvalue weighted by atomic mass is 19.1. The van der Waals surface area contributed by atoms with Crippen LogP contribution in [0.3, 0.4) is 0 Å². The van der Waals surface area contributed by atoms with Gasteiger partial charge in [-0.2, -0.15) is 4.98 Å². The predicted molar refractivity (Wildman–Crippen MR) is 91.0 cm³/mol. The molecule has 0 aliphatic carbocycles. The molecule has 1 aromatic heterocycles. The molecule has 0 unspecified atom stereocenters. The zero-order valence-electron chi connectivity index (χ0n) is 14.5. The van der Waals surface area contributed by atoms with Crippen LogP contribution in [-0.4, -0.2) is 51.1 Å². The number of anilines is 1. The van der Waals surface area contributed by atoms with Crippen molar-refractivity contribution in [2.75, 3.05) is 12.4 Å². The summed E-state index contributed by atoms with van der Waals surface area (Å²) in [6.07, 6.45) is -3.93. The van der Waals surface area contributed by atoms with Gasteiger partial charge in [0.15, 0.2) is 17.9 Å². The Hall–Kier alpha value is -2.82. The summed E-state index contributed by atoms with van der Waals surface area (Å²) in [7, 11) is 1.38. The lowest BCUT2D eigenvalue weighted by molar-refractivity contribution is -0.0355. The summed E-state index contributed by atoms with van der Waals surface area (Å²) in [6, 6.07) is 6.29. The molecular weight excluding hydrogens is 361 g/mol. The first-order chi connectivity index (χ1) is 12.8. The molecule has 3 N–H and O–H groups in total. The van der Waals surface area contributed by atoms with Gasteiger partial charge in [-0.05, 0) is 19.1 Å². The Bertz CT molecular complexity index is 918. The second-order valence-electron chi connectivity index (χ2n) is 5.99. The van der Waals surface area contributed by atoms with Crippen molar-refractivity contribution in [3.8, 4) is 5.75 Å². The van der Waals surface area contributed by atoms with E-state index in [1.165, 1.54) is 20.1 Å². The lowest BCUT2D eigenvalue weighted by Gasteiger charge is -2.17. The Morgan fingerprint density at radius 3 is 2.67 bits per heavy atom. The number of rotatable bonds is 4. The Morgan fingerprint density at radius 1 is 1.33 bits per heavy atom. The number of carbonyl (C=O) groups is 1. The number of methoxy groups -OCH3 is 1. The fourth-order valence-corrected chi connectivity index (χ4v) is 2.78. The summed E-state index contributed by atoms with van der Waals surface area (Å²) in [5.41, 5.74) is -0.825. The number of aliphatic hydroxyl groups excluding tert-OH is 2. The molecule has 4 atom stereocenters. The molecule has 27 heavy (non-hydrogen) atoms. The number of benzene rings is 1. The van der Waals surface area contributed by atoms with Crippen molar-refractivity contribution < 1.29 is 28.9 Å². The van der Waals surface area contributed by atoms with Gasteiger partial charge >= 0.3 is 5.69 Å². The van der Waals surface area contributed by atoms with Gasteiger partial charge in [-0.3, -0.25) is 9.36 Å². The molecule has 0 bridgehead atoms. The van der Waals surface area contributed by atoms with Crippen LogP contribution in [0.2, 0.25) is 0 Å². The summed E-state index contributed by atoms with van der Waals surface area (Å²) in [6.45, 7) is 1.50. The fourth-order valence-electron chi connectivity index (χ4n) is 2.78. The zero-order chi connectivity index (χ0) is 19.7. The number of carbonyl (C=O) groups excluding carboxylic acids is 1. The largest absolute Gasteiger partial charge is 0.496 e. The Kier molecular flexibility index (Phi) is 5.22. The Balaban J connectivity index is 1.88. The lowest BCUT2D eigenvalue weighted by atomic mass is 10.1. The van der Waals surface area contributed by atoms with Crippen LogP contribution in [0.4, 0.5) is 10.2 Å². The van der Waals surface area contributed by atoms with E-state index in [2.05, 4.69) is 10.3 Å². The standard InChI is InChI=1S/C17H18FN3O6/c1-8-12(22)13(23)16(27-8)21-7-10(18)14(20-17(21)25)19-15(24)9-5-3-4-6-11(9)26-2/h3-8,12-13,16,22-23H,1-2H3,(H,19,20,24,25)/t8-,12-,13-,16-/m1/s1.